The zero-order valence-corrected chi connectivity index (χ0v) is 20.2. The Hall–Kier alpha value is -2.38. The number of aliphatic hydroxyl groups is 2. The number of hydrogen-bond donors (Lipinski definition) is 3. The maximum atomic E-state index is 13.2. The molecule has 1 aromatic carbocycles. The summed E-state index contributed by atoms with van der Waals surface area (Å²) >= 11 is 0. The van der Waals surface area contributed by atoms with E-state index in [2.05, 4.69) is 19.2 Å². The molecule has 7 atom stereocenters. The van der Waals surface area contributed by atoms with Crippen molar-refractivity contribution >= 4 is 11.8 Å². The fourth-order valence-corrected chi connectivity index (χ4v) is 7.09. The first-order valence-electron chi connectivity index (χ1n) is 12.6. The highest BCUT2D eigenvalue weighted by Crippen LogP contribution is 2.61. The molecule has 0 aromatic heterocycles. The second kappa shape index (κ2) is 8.68. The van der Waals surface area contributed by atoms with Gasteiger partial charge in [-0.05, 0) is 54.6 Å². The van der Waals surface area contributed by atoms with E-state index in [-0.39, 0.29) is 25.0 Å². The van der Waals surface area contributed by atoms with Gasteiger partial charge in [-0.15, -0.1) is 0 Å². The van der Waals surface area contributed by atoms with Crippen LogP contribution < -0.4 is 10.1 Å². The number of nitrogens with zero attached hydrogens (tertiary/aromatic N) is 1. The molecule has 2 amide bonds. The number of nitrogens with one attached hydrogen (secondary N) is 1. The topological polar surface area (TPSA) is 99.1 Å². The third-order valence-electron chi connectivity index (χ3n) is 9.07. The minimum atomic E-state index is -0.957. The van der Waals surface area contributed by atoms with E-state index in [1.807, 2.05) is 24.3 Å². The molecule has 0 saturated heterocycles. The van der Waals surface area contributed by atoms with Crippen LogP contribution in [0.4, 0.5) is 0 Å². The van der Waals surface area contributed by atoms with E-state index >= 15 is 0 Å². The van der Waals surface area contributed by atoms with Gasteiger partial charge in [0.2, 0.25) is 11.8 Å². The van der Waals surface area contributed by atoms with Crippen LogP contribution in [0.2, 0.25) is 0 Å². The molecule has 34 heavy (non-hydrogen) atoms. The quantitative estimate of drug-likeness (QED) is 0.595. The number of aliphatic hydroxyl groups excluding tert-OH is 2. The van der Waals surface area contributed by atoms with Gasteiger partial charge >= 0.3 is 0 Å². The first-order valence-corrected chi connectivity index (χ1v) is 12.6. The highest BCUT2D eigenvalue weighted by atomic mass is 16.5. The fourth-order valence-electron chi connectivity index (χ4n) is 7.09. The van der Waals surface area contributed by atoms with Gasteiger partial charge in [0, 0.05) is 31.1 Å². The van der Waals surface area contributed by atoms with E-state index in [0.717, 1.165) is 17.9 Å². The lowest BCUT2D eigenvalue weighted by Crippen LogP contribution is -2.59. The van der Waals surface area contributed by atoms with Crippen LogP contribution in [0.3, 0.4) is 0 Å². The Kier molecular flexibility index (Phi) is 5.97. The van der Waals surface area contributed by atoms with Crippen LogP contribution in [0.15, 0.2) is 35.9 Å². The molecule has 5 aliphatic rings. The van der Waals surface area contributed by atoms with Gasteiger partial charge in [0.25, 0.3) is 0 Å². The molecule has 3 saturated carbocycles. The number of para-hydroxylation sites is 1. The van der Waals surface area contributed by atoms with Crippen molar-refractivity contribution in [3.63, 3.8) is 0 Å². The maximum absolute atomic E-state index is 13.2. The highest BCUT2D eigenvalue weighted by Gasteiger charge is 2.55. The number of hydrogen-bond acceptors (Lipinski definition) is 5. The molecule has 4 aliphatic carbocycles. The lowest BCUT2D eigenvalue weighted by Gasteiger charge is -2.61. The molecule has 7 nitrogen and oxygen atoms in total. The van der Waals surface area contributed by atoms with Gasteiger partial charge in [-0.3, -0.25) is 9.59 Å². The van der Waals surface area contributed by atoms with Gasteiger partial charge < -0.3 is 25.2 Å². The monoisotopic (exact) mass is 468 g/mol. The van der Waals surface area contributed by atoms with Crippen LogP contribution in [0, 0.1) is 23.2 Å². The largest absolute Gasteiger partial charge is 0.486 e. The molecular formula is C27H36N2O5. The molecule has 6 rings (SSSR count). The van der Waals surface area contributed by atoms with E-state index in [4.69, 9.17) is 4.74 Å². The standard InChI is InChI=1S/C27H36N2O5/c1-15(31)29(14-16-8-9-17-12-20(16)27(17,2)3)21-13-19(26(33)28-10-11-30)23-18-6-4-5-7-22(18)34-25(23)24(21)32/h4-7,13,16-17,20-21,23-25,30,32H,8-12,14H2,1-3H3,(H,28,33). The minimum Gasteiger partial charge on any atom is -0.486 e. The minimum absolute atomic E-state index is 0.108. The van der Waals surface area contributed by atoms with Crippen molar-refractivity contribution in [2.24, 2.45) is 23.2 Å². The van der Waals surface area contributed by atoms with Crippen molar-refractivity contribution in [3.8, 4) is 5.75 Å². The van der Waals surface area contributed by atoms with E-state index in [1.54, 1.807) is 17.9 Å². The summed E-state index contributed by atoms with van der Waals surface area (Å²) in [7, 11) is 0. The number of benzene rings is 1. The second-order valence-corrected chi connectivity index (χ2v) is 11.0. The lowest BCUT2D eigenvalue weighted by molar-refractivity contribution is -0.144. The number of fused-ring (bicyclic) bond motifs is 5. The number of ether oxygens (including phenoxy) is 1. The first kappa shape index (κ1) is 23.4. The van der Waals surface area contributed by atoms with Gasteiger partial charge in [0.15, 0.2) is 0 Å². The van der Waals surface area contributed by atoms with Gasteiger partial charge in [-0.1, -0.05) is 32.0 Å². The Morgan fingerprint density at radius 1 is 1.24 bits per heavy atom. The third-order valence-corrected chi connectivity index (χ3v) is 9.07. The molecule has 1 aromatic rings. The summed E-state index contributed by atoms with van der Waals surface area (Å²) in [4.78, 5) is 27.8. The first-order chi connectivity index (χ1) is 16.2. The fraction of sp³-hybridized carbons (Fsp3) is 0.630. The van der Waals surface area contributed by atoms with Crippen molar-refractivity contribution in [3.05, 3.63) is 41.5 Å². The molecule has 7 heteroatoms. The Balaban J connectivity index is 1.47. The number of carbonyl (C=O) groups excluding carboxylic acids is 2. The van der Waals surface area contributed by atoms with Crippen LogP contribution in [0.25, 0.3) is 0 Å². The molecular weight excluding hydrogens is 432 g/mol. The summed E-state index contributed by atoms with van der Waals surface area (Å²) in [6.07, 6.45) is 3.64. The summed E-state index contributed by atoms with van der Waals surface area (Å²) in [5, 5.41) is 23.5. The number of carbonyl (C=O) groups is 2. The van der Waals surface area contributed by atoms with Gasteiger partial charge in [0.05, 0.1) is 18.6 Å². The predicted molar refractivity (Wildman–Crippen MR) is 127 cm³/mol. The smallest absolute Gasteiger partial charge is 0.247 e. The van der Waals surface area contributed by atoms with Crippen LogP contribution in [0.5, 0.6) is 5.75 Å². The Morgan fingerprint density at radius 3 is 2.68 bits per heavy atom. The predicted octanol–water partition coefficient (Wildman–Crippen LogP) is 2.23. The molecule has 0 radical (unpaired) electrons. The SMILES string of the molecule is CC(=O)N(CC1CCC2CC1C2(C)C)C1C=C(C(=O)NCCO)C2c3ccccc3OC2C1O. The Labute approximate surface area is 201 Å². The summed E-state index contributed by atoms with van der Waals surface area (Å²) < 4.78 is 6.16. The Morgan fingerprint density at radius 2 is 2.00 bits per heavy atom. The average molecular weight is 469 g/mol. The van der Waals surface area contributed by atoms with E-state index in [0.29, 0.717) is 35.1 Å². The molecule has 3 fully saturated rings. The molecule has 184 valence electrons. The molecule has 2 bridgehead atoms. The van der Waals surface area contributed by atoms with Crippen molar-refractivity contribution in [1.29, 1.82) is 0 Å². The zero-order valence-electron chi connectivity index (χ0n) is 20.2. The van der Waals surface area contributed by atoms with Gasteiger partial charge in [-0.2, -0.15) is 0 Å². The van der Waals surface area contributed by atoms with Gasteiger partial charge in [-0.25, -0.2) is 0 Å². The summed E-state index contributed by atoms with van der Waals surface area (Å²) in [6, 6.07) is 6.88. The van der Waals surface area contributed by atoms with Gasteiger partial charge in [0.1, 0.15) is 18.0 Å². The van der Waals surface area contributed by atoms with Crippen molar-refractivity contribution in [2.45, 2.75) is 64.2 Å². The lowest BCUT2D eigenvalue weighted by atomic mass is 9.45. The second-order valence-electron chi connectivity index (χ2n) is 11.0. The van der Waals surface area contributed by atoms with Crippen molar-refractivity contribution in [1.82, 2.24) is 10.2 Å². The Bertz CT molecular complexity index is 1000. The number of rotatable bonds is 6. The van der Waals surface area contributed by atoms with Crippen LogP contribution in [-0.4, -0.2) is 64.9 Å². The normalized spacial score (nSPS) is 34.6. The molecule has 7 unspecified atom stereocenters. The number of amides is 2. The van der Waals surface area contributed by atoms with E-state index in [9.17, 15) is 19.8 Å². The summed E-state index contributed by atoms with van der Waals surface area (Å²) in [6.45, 7) is 6.77. The molecule has 1 heterocycles. The average Bonchev–Trinajstić information content (AvgIpc) is 3.21. The summed E-state index contributed by atoms with van der Waals surface area (Å²) in [5.41, 5.74) is 1.64. The molecule has 1 aliphatic heterocycles. The molecule has 3 N–H and O–H groups in total. The van der Waals surface area contributed by atoms with Crippen LogP contribution in [0.1, 0.15) is 51.5 Å². The molecule has 0 spiro atoms. The highest BCUT2D eigenvalue weighted by molar-refractivity contribution is 5.96. The maximum Gasteiger partial charge on any atom is 0.247 e. The van der Waals surface area contributed by atoms with Crippen LogP contribution in [-0.2, 0) is 9.59 Å². The third kappa shape index (κ3) is 3.64. The van der Waals surface area contributed by atoms with E-state index < -0.39 is 24.2 Å². The summed E-state index contributed by atoms with van der Waals surface area (Å²) in [5.74, 6) is 1.56. The van der Waals surface area contributed by atoms with Crippen LogP contribution >= 0.6 is 0 Å². The van der Waals surface area contributed by atoms with E-state index in [1.165, 1.54) is 12.8 Å². The van der Waals surface area contributed by atoms with Crippen molar-refractivity contribution < 1.29 is 24.5 Å². The van der Waals surface area contributed by atoms with Crippen molar-refractivity contribution in [2.75, 3.05) is 19.7 Å². The zero-order chi connectivity index (χ0) is 24.2.